The molecule has 1 saturated heterocycles. The average Bonchev–Trinajstić information content (AvgIpc) is 3.17. The van der Waals surface area contributed by atoms with Gasteiger partial charge in [-0.25, -0.2) is 0 Å². The van der Waals surface area contributed by atoms with Crippen LogP contribution in [0.1, 0.15) is 41.2 Å². The minimum Gasteiger partial charge on any atom is -0.460 e. The number of ether oxygens (including phenoxy) is 1. The zero-order valence-corrected chi connectivity index (χ0v) is 17.0. The average molecular weight is 420 g/mol. The van der Waals surface area contributed by atoms with Crippen molar-refractivity contribution in [3.63, 3.8) is 0 Å². The highest BCUT2D eigenvalue weighted by Gasteiger charge is 2.31. The summed E-state index contributed by atoms with van der Waals surface area (Å²) in [5, 5.41) is 0. The monoisotopic (exact) mass is 420 g/mol. The smallest absolute Gasteiger partial charge is 0.416 e. The number of nitrogens with zero attached hydrogens (tertiary/aromatic N) is 2. The molecule has 1 aliphatic heterocycles. The number of furan rings is 1. The molecule has 1 amide bonds. The number of fused-ring (bicyclic) bond motifs is 1. The van der Waals surface area contributed by atoms with Gasteiger partial charge in [0.2, 0.25) is 0 Å². The van der Waals surface area contributed by atoms with Gasteiger partial charge in [-0.3, -0.25) is 4.79 Å². The number of morpholine rings is 1. The van der Waals surface area contributed by atoms with Crippen LogP contribution in [-0.2, 0) is 17.5 Å². The number of carbonyl (C=O) groups excluding carboxylic acids is 1. The van der Waals surface area contributed by atoms with Crippen molar-refractivity contribution < 1.29 is 27.1 Å². The molecule has 0 unspecified atom stereocenters. The van der Waals surface area contributed by atoms with Gasteiger partial charge < -0.3 is 18.6 Å². The molecule has 4 rings (SSSR count). The lowest BCUT2D eigenvalue weighted by Crippen LogP contribution is -2.48. The van der Waals surface area contributed by atoms with Crippen molar-refractivity contribution in [2.45, 2.75) is 45.7 Å². The fourth-order valence-corrected chi connectivity index (χ4v) is 4.00. The highest BCUT2D eigenvalue weighted by Crippen LogP contribution is 2.30. The summed E-state index contributed by atoms with van der Waals surface area (Å²) in [6.45, 7) is 6.88. The van der Waals surface area contributed by atoms with Crippen LogP contribution >= 0.6 is 0 Å². The molecule has 30 heavy (non-hydrogen) atoms. The zero-order valence-electron chi connectivity index (χ0n) is 17.0. The lowest BCUT2D eigenvalue weighted by atomic mass is 10.1. The van der Waals surface area contributed by atoms with E-state index in [1.54, 1.807) is 11.0 Å². The van der Waals surface area contributed by atoms with Crippen LogP contribution in [0.3, 0.4) is 0 Å². The first-order valence-electron chi connectivity index (χ1n) is 9.82. The Bertz CT molecular complexity index is 1060. The molecule has 0 aliphatic carbocycles. The first-order valence-corrected chi connectivity index (χ1v) is 9.82. The molecule has 1 fully saturated rings. The third kappa shape index (κ3) is 3.96. The number of hydrogen-bond donors (Lipinski definition) is 0. The fraction of sp³-hybridized carbons (Fsp3) is 0.409. The largest absolute Gasteiger partial charge is 0.460 e. The molecule has 160 valence electrons. The summed E-state index contributed by atoms with van der Waals surface area (Å²) in [5.41, 5.74) is 1.74. The Morgan fingerprint density at radius 1 is 1.10 bits per heavy atom. The van der Waals surface area contributed by atoms with Crippen molar-refractivity contribution in [1.29, 1.82) is 0 Å². The molecule has 0 N–H and O–H groups in total. The van der Waals surface area contributed by atoms with E-state index in [9.17, 15) is 18.0 Å². The van der Waals surface area contributed by atoms with E-state index in [0.717, 1.165) is 17.6 Å². The second kappa shape index (κ2) is 7.50. The van der Waals surface area contributed by atoms with Crippen LogP contribution < -0.4 is 0 Å². The lowest BCUT2D eigenvalue weighted by molar-refractivity contribution is -0.137. The molecular weight excluding hydrogens is 397 g/mol. The number of amides is 1. The van der Waals surface area contributed by atoms with E-state index in [1.165, 1.54) is 12.1 Å². The van der Waals surface area contributed by atoms with Crippen molar-refractivity contribution in [2.75, 3.05) is 13.1 Å². The van der Waals surface area contributed by atoms with Gasteiger partial charge in [0.1, 0.15) is 11.5 Å². The van der Waals surface area contributed by atoms with Crippen molar-refractivity contribution in [3.05, 3.63) is 59.0 Å². The number of aromatic nitrogens is 1. The molecule has 0 saturated carbocycles. The molecule has 3 heterocycles. The third-order valence-electron chi connectivity index (χ3n) is 5.26. The van der Waals surface area contributed by atoms with E-state index in [4.69, 9.17) is 9.15 Å². The number of hydrogen-bond acceptors (Lipinski definition) is 3. The highest BCUT2D eigenvalue weighted by molar-refractivity contribution is 5.97. The van der Waals surface area contributed by atoms with E-state index in [2.05, 4.69) is 0 Å². The number of aryl methyl sites for hydroxylation is 1. The molecule has 5 nitrogen and oxygen atoms in total. The molecule has 0 spiro atoms. The number of rotatable bonds is 3. The molecule has 2 atom stereocenters. The van der Waals surface area contributed by atoms with Gasteiger partial charge in [-0.1, -0.05) is 12.1 Å². The van der Waals surface area contributed by atoms with E-state index >= 15 is 0 Å². The van der Waals surface area contributed by atoms with Crippen molar-refractivity contribution in [2.24, 2.45) is 0 Å². The first kappa shape index (κ1) is 20.5. The van der Waals surface area contributed by atoms with Crippen LogP contribution in [0.2, 0.25) is 0 Å². The number of halogens is 3. The summed E-state index contributed by atoms with van der Waals surface area (Å²) in [7, 11) is 0. The van der Waals surface area contributed by atoms with Gasteiger partial charge in [0.05, 0.1) is 23.3 Å². The summed E-state index contributed by atoms with van der Waals surface area (Å²) in [5.74, 6) is 0.557. The Morgan fingerprint density at radius 2 is 1.73 bits per heavy atom. The minimum atomic E-state index is -4.38. The molecule has 8 heteroatoms. The maximum atomic E-state index is 13.3. The van der Waals surface area contributed by atoms with Crippen molar-refractivity contribution in [3.8, 4) is 0 Å². The van der Waals surface area contributed by atoms with Gasteiger partial charge in [0.15, 0.2) is 5.58 Å². The number of carbonyl (C=O) groups is 1. The Kier molecular flexibility index (Phi) is 5.13. The summed E-state index contributed by atoms with van der Waals surface area (Å²) < 4.78 is 51.8. The molecule has 1 aliphatic rings. The Balaban J connectivity index is 1.69. The third-order valence-corrected chi connectivity index (χ3v) is 5.26. The molecule has 0 bridgehead atoms. The van der Waals surface area contributed by atoms with E-state index < -0.39 is 11.7 Å². The topological polar surface area (TPSA) is 47.6 Å². The Morgan fingerprint density at radius 3 is 2.33 bits per heavy atom. The molecule has 1 aromatic carbocycles. The summed E-state index contributed by atoms with van der Waals surface area (Å²) in [6.07, 6.45) is -4.52. The molecule has 2 aromatic heterocycles. The van der Waals surface area contributed by atoms with Gasteiger partial charge >= 0.3 is 6.18 Å². The van der Waals surface area contributed by atoms with E-state index in [0.29, 0.717) is 35.7 Å². The van der Waals surface area contributed by atoms with Crippen LogP contribution in [0.25, 0.3) is 11.1 Å². The lowest BCUT2D eigenvalue weighted by Gasteiger charge is -2.35. The number of alkyl halides is 3. The highest BCUT2D eigenvalue weighted by atomic mass is 19.4. The van der Waals surface area contributed by atoms with Crippen LogP contribution in [0.5, 0.6) is 0 Å². The van der Waals surface area contributed by atoms with Gasteiger partial charge in [0.25, 0.3) is 5.91 Å². The minimum absolute atomic E-state index is 0.0683. The fourth-order valence-electron chi connectivity index (χ4n) is 4.00. The predicted octanol–water partition coefficient (Wildman–Crippen LogP) is 4.86. The van der Waals surface area contributed by atoms with Crippen molar-refractivity contribution >= 4 is 17.0 Å². The molecule has 3 aromatic rings. The van der Waals surface area contributed by atoms with E-state index in [-0.39, 0.29) is 24.7 Å². The standard InChI is InChI=1S/C22H23F3N2O3/c1-13-8-18-20(30-13)9-19(21(28)26-10-14(2)29-15(3)11-26)27(18)12-16-4-6-17(7-5-16)22(23,24)25/h4-9,14-15H,10-12H2,1-3H3/t14-,15-/m1/s1. The van der Waals surface area contributed by atoms with Crippen LogP contribution in [-0.4, -0.2) is 40.7 Å². The van der Waals surface area contributed by atoms with Gasteiger partial charge in [-0.2, -0.15) is 13.2 Å². The SMILES string of the molecule is Cc1cc2c(cc(C(=O)N3C[C@@H](C)O[C@H](C)C3)n2Cc2ccc(C(F)(F)F)cc2)o1. The van der Waals surface area contributed by atoms with Gasteiger partial charge in [0, 0.05) is 31.8 Å². The molecule has 0 radical (unpaired) electrons. The van der Waals surface area contributed by atoms with Crippen LogP contribution in [0, 0.1) is 6.92 Å². The van der Waals surface area contributed by atoms with E-state index in [1.807, 2.05) is 31.4 Å². The van der Waals surface area contributed by atoms with Gasteiger partial charge in [-0.05, 0) is 38.5 Å². The second-order valence-electron chi connectivity index (χ2n) is 7.88. The second-order valence-corrected chi connectivity index (χ2v) is 7.88. The van der Waals surface area contributed by atoms with Crippen LogP contribution in [0.15, 0.2) is 40.8 Å². The Hall–Kier alpha value is -2.74. The molecular formula is C22H23F3N2O3. The maximum Gasteiger partial charge on any atom is 0.416 e. The Labute approximate surface area is 172 Å². The number of benzene rings is 1. The maximum absolute atomic E-state index is 13.3. The predicted molar refractivity (Wildman–Crippen MR) is 105 cm³/mol. The zero-order chi connectivity index (χ0) is 21.6. The first-order chi connectivity index (χ1) is 14.1. The van der Waals surface area contributed by atoms with Gasteiger partial charge in [-0.15, -0.1) is 0 Å². The normalized spacial score (nSPS) is 20.1. The summed E-state index contributed by atoms with van der Waals surface area (Å²) in [4.78, 5) is 15.1. The quantitative estimate of drug-likeness (QED) is 0.608. The van der Waals surface area contributed by atoms with Crippen molar-refractivity contribution in [1.82, 2.24) is 9.47 Å². The summed E-state index contributed by atoms with van der Waals surface area (Å²) in [6, 6.07) is 8.54. The van der Waals surface area contributed by atoms with Crippen LogP contribution in [0.4, 0.5) is 13.2 Å². The summed E-state index contributed by atoms with van der Waals surface area (Å²) >= 11 is 0.